The van der Waals surface area contributed by atoms with Gasteiger partial charge in [0, 0.05) is 31.8 Å². The number of fused-ring (bicyclic) bond motifs is 1. The van der Waals surface area contributed by atoms with Gasteiger partial charge in [-0.2, -0.15) is 0 Å². The van der Waals surface area contributed by atoms with E-state index in [2.05, 4.69) is 6.58 Å². The summed E-state index contributed by atoms with van der Waals surface area (Å²) in [4.78, 5) is 12.0. The summed E-state index contributed by atoms with van der Waals surface area (Å²) in [7, 11) is 0. The molecule has 0 aromatic rings. The fourth-order valence-corrected chi connectivity index (χ4v) is 5.39. The van der Waals surface area contributed by atoms with Crippen LogP contribution in [0.15, 0.2) is 12.7 Å². The van der Waals surface area contributed by atoms with Gasteiger partial charge in [-0.15, -0.1) is 0 Å². The number of carbonyl (C=O) groups excluding carboxylic acids is 1. The number of ether oxygens (including phenoxy) is 6. The molecule has 156 valence electrons. The number of hydrogen-bond donors (Lipinski definition) is 0. The number of carbonyl (C=O) groups is 1. The molecule has 2 saturated carbocycles. The average Bonchev–Trinajstić information content (AvgIpc) is 3.36. The van der Waals surface area contributed by atoms with Crippen molar-refractivity contribution in [1.29, 1.82) is 0 Å². The fourth-order valence-electron chi connectivity index (χ4n) is 5.39. The molecule has 0 N–H and O–H groups in total. The molecule has 7 nitrogen and oxygen atoms in total. The Morgan fingerprint density at radius 1 is 0.893 bits per heavy atom. The summed E-state index contributed by atoms with van der Waals surface area (Å²) in [5.74, 6) is -1.60. The zero-order valence-electron chi connectivity index (χ0n) is 16.3. The van der Waals surface area contributed by atoms with Crippen LogP contribution < -0.4 is 0 Å². The molecule has 0 aromatic carbocycles. The SMILES string of the molecule is C=CC(=O)O[C@H]1[C@H]2OC3(CCCCC3)O[C@H]2O[C@@H]1C1COC2(CCCCC2)O1. The number of esters is 1. The summed E-state index contributed by atoms with van der Waals surface area (Å²) in [6.07, 6.45) is 9.07. The summed E-state index contributed by atoms with van der Waals surface area (Å²) >= 11 is 0. The van der Waals surface area contributed by atoms with Crippen molar-refractivity contribution in [3.05, 3.63) is 12.7 Å². The van der Waals surface area contributed by atoms with Crippen LogP contribution in [0.4, 0.5) is 0 Å². The van der Waals surface area contributed by atoms with Gasteiger partial charge in [0.25, 0.3) is 0 Å². The highest BCUT2D eigenvalue weighted by Gasteiger charge is 2.62. The summed E-state index contributed by atoms with van der Waals surface area (Å²) in [6, 6.07) is 0. The van der Waals surface area contributed by atoms with E-state index in [1.807, 2.05) is 0 Å². The van der Waals surface area contributed by atoms with Gasteiger partial charge in [0.2, 0.25) is 0 Å². The van der Waals surface area contributed by atoms with Crippen LogP contribution >= 0.6 is 0 Å². The number of rotatable bonds is 3. The molecule has 28 heavy (non-hydrogen) atoms. The van der Waals surface area contributed by atoms with Gasteiger partial charge >= 0.3 is 5.97 Å². The Hall–Kier alpha value is -0.990. The minimum atomic E-state index is -0.602. The molecule has 3 saturated heterocycles. The van der Waals surface area contributed by atoms with Crippen molar-refractivity contribution in [2.45, 2.75) is 106 Å². The van der Waals surface area contributed by atoms with Crippen molar-refractivity contribution in [3.8, 4) is 0 Å². The van der Waals surface area contributed by atoms with E-state index in [1.54, 1.807) is 0 Å². The van der Waals surface area contributed by atoms with E-state index in [4.69, 9.17) is 28.4 Å². The molecule has 5 rings (SSSR count). The van der Waals surface area contributed by atoms with E-state index in [0.717, 1.165) is 51.4 Å². The topological polar surface area (TPSA) is 72.5 Å². The first-order valence-corrected chi connectivity index (χ1v) is 10.8. The van der Waals surface area contributed by atoms with E-state index in [9.17, 15) is 4.79 Å². The van der Waals surface area contributed by atoms with Crippen LogP contribution in [0.1, 0.15) is 64.2 Å². The second-order valence-corrected chi connectivity index (χ2v) is 8.69. The third-order valence-electron chi connectivity index (χ3n) is 6.78. The Kier molecular flexibility index (Phi) is 5.00. The van der Waals surface area contributed by atoms with Crippen molar-refractivity contribution in [2.24, 2.45) is 0 Å². The lowest BCUT2D eigenvalue weighted by molar-refractivity contribution is -0.261. The first-order valence-electron chi connectivity index (χ1n) is 10.8. The van der Waals surface area contributed by atoms with Gasteiger partial charge in [-0.05, 0) is 25.7 Å². The molecule has 2 aliphatic carbocycles. The van der Waals surface area contributed by atoms with E-state index in [-0.39, 0.29) is 6.10 Å². The van der Waals surface area contributed by atoms with Gasteiger partial charge in [-0.3, -0.25) is 0 Å². The van der Waals surface area contributed by atoms with Gasteiger partial charge in [0.15, 0.2) is 30.1 Å². The van der Waals surface area contributed by atoms with Crippen LogP contribution in [0.3, 0.4) is 0 Å². The molecule has 1 unspecified atom stereocenters. The van der Waals surface area contributed by atoms with Gasteiger partial charge < -0.3 is 28.4 Å². The Labute approximate surface area is 165 Å². The molecule has 3 heterocycles. The lowest BCUT2D eigenvalue weighted by atomic mass is 9.94. The van der Waals surface area contributed by atoms with Crippen molar-refractivity contribution < 1.29 is 33.2 Å². The summed E-state index contributed by atoms with van der Waals surface area (Å²) in [6.45, 7) is 3.95. The van der Waals surface area contributed by atoms with Gasteiger partial charge in [-0.25, -0.2) is 4.79 Å². The predicted molar refractivity (Wildman–Crippen MR) is 97.2 cm³/mol. The Morgan fingerprint density at radius 2 is 1.57 bits per heavy atom. The second-order valence-electron chi connectivity index (χ2n) is 8.69. The minimum Gasteiger partial charge on any atom is -0.453 e. The van der Waals surface area contributed by atoms with Gasteiger partial charge in [0.05, 0.1) is 6.61 Å². The third-order valence-corrected chi connectivity index (χ3v) is 6.78. The molecule has 7 heteroatoms. The molecule has 3 aliphatic heterocycles. The van der Waals surface area contributed by atoms with Crippen LogP contribution in [-0.2, 0) is 33.2 Å². The molecule has 2 spiro atoms. The third kappa shape index (κ3) is 3.31. The van der Waals surface area contributed by atoms with Crippen molar-refractivity contribution in [3.63, 3.8) is 0 Å². The van der Waals surface area contributed by atoms with E-state index in [0.29, 0.717) is 6.61 Å². The Morgan fingerprint density at radius 3 is 2.25 bits per heavy atom. The van der Waals surface area contributed by atoms with Crippen molar-refractivity contribution in [1.82, 2.24) is 0 Å². The largest absolute Gasteiger partial charge is 0.453 e. The molecule has 0 bridgehead atoms. The quantitative estimate of drug-likeness (QED) is 0.538. The summed E-state index contributed by atoms with van der Waals surface area (Å²) < 4.78 is 36.9. The van der Waals surface area contributed by atoms with Crippen molar-refractivity contribution in [2.75, 3.05) is 6.61 Å². The van der Waals surface area contributed by atoms with Crippen LogP contribution in [0.5, 0.6) is 0 Å². The maximum Gasteiger partial charge on any atom is 0.330 e. The van der Waals surface area contributed by atoms with Crippen LogP contribution in [0.25, 0.3) is 0 Å². The van der Waals surface area contributed by atoms with Crippen LogP contribution in [0, 0.1) is 0 Å². The molecule has 5 aliphatic rings. The fraction of sp³-hybridized carbons (Fsp3) is 0.857. The Bertz CT molecular complexity index is 608. The highest BCUT2D eigenvalue weighted by Crippen LogP contribution is 2.48. The smallest absolute Gasteiger partial charge is 0.330 e. The van der Waals surface area contributed by atoms with Crippen LogP contribution in [-0.4, -0.2) is 54.9 Å². The highest BCUT2D eigenvalue weighted by molar-refractivity contribution is 5.81. The molecular formula is C21H30O7. The zero-order valence-corrected chi connectivity index (χ0v) is 16.3. The van der Waals surface area contributed by atoms with E-state index in [1.165, 1.54) is 18.9 Å². The minimum absolute atomic E-state index is 0.305. The summed E-state index contributed by atoms with van der Waals surface area (Å²) in [5, 5.41) is 0. The molecular weight excluding hydrogens is 364 g/mol. The monoisotopic (exact) mass is 394 g/mol. The summed E-state index contributed by atoms with van der Waals surface area (Å²) in [5.41, 5.74) is 0. The highest BCUT2D eigenvalue weighted by atomic mass is 16.9. The van der Waals surface area contributed by atoms with E-state index >= 15 is 0 Å². The molecule has 0 aromatic heterocycles. The second kappa shape index (κ2) is 7.36. The standard InChI is InChI=1S/C21H30O7/c1-2-15(22)24-17-16(14-13-23-20(26-14)9-5-3-6-10-20)25-19-18(17)27-21(28-19)11-7-4-8-12-21/h2,14,16-19H,1,3-13H2/t14?,16-,17-,18-,19-/m1/s1. The molecule has 5 atom stereocenters. The molecule has 5 fully saturated rings. The first kappa shape index (κ1) is 19.0. The van der Waals surface area contributed by atoms with Crippen LogP contribution in [0.2, 0.25) is 0 Å². The van der Waals surface area contributed by atoms with Gasteiger partial charge in [0.1, 0.15) is 12.2 Å². The maximum absolute atomic E-state index is 12.0. The van der Waals surface area contributed by atoms with E-state index < -0.39 is 42.1 Å². The molecule has 0 radical (unpaired) electrons. The Balaban J connectivity index is 1.32. The lowest BCUT2D eigenvalue weighted by Crippen LogP contribution is -2.46. The average molecular weight is 394 g/mol. The molecule has 0 amide bonds. The lowest BCUT2D eigenvalue weighted by Gasteiger charge is -2.35. The number of hydrogen-bond acceptors (Lipinski definition) is 7. The first-order chi connectivity index (χ1) is 13.6. The normalized spacial score (nSPS) is 41.2. The van der Waals surface area contributed by atoms with Crippen molar-refractivity contribution >= 4 is 5.97 Å². The predicted octanol–water partition coefficient (Wildman–Crippen LogP) is 2.96. The zero-order chi connectivity index (χ0) is 19.2. The van der Waals surface area contributed by atoms with Gasteiger partial charge in [-0.1, -0.05) is 19.4 Å². The maximum atomic E-state index is 12.0.